The van der Waals surface area contributed by atoms with E-state index in [4.69, 9.17) is 16.3 Å². The Morgan fingerprint density at radius 1 is 1.11 bits per heavy atom. The average Bonchev–Trinajstić information content (AvgIpc) is 2.42. The molecule has 0 aliphatic carbocycles. The Morgan fingerprint density at radius 3 is 2.47 bits per heavy atom. The van der Waals surface area contributed by atoms with Crippen molar-refractivity contribution in [3.8, 4) is 5.75 Å². The molecule has 1 unspecified atom stereocenters. The number of nitrogens with one attached hydrogen (secondary N) is 1. The maximum absolute atomic E-state index is 5.88. The van der Waals surface area contributed by atoms with Gasteiger partial charge in [-0.2, -0.15) is 0 Å². The molecule has 2 nitrogen and oxygen atoms in total. The van der Waals surface area contributed by atoms with Gasteiger partial charge >= 0.3 is 0 Å². The summed E-state index contributed by atoms with van der Waals surface area (Å²) in [6, 6.07) is 16.0. The van der Waals surface area contributed by atoms with E-state index in [1.807, 2.05) is 49.4 Å². The Balaban J connectivity index is 2.15. The van der Waals surface area contributed by atoms with Crippen LogP contribution in [-0.2, 0) is 0 Å². The molecule has 2 aromatic carbocycles. The van der Waals surface area contributed by atoms with Gasteiger partial charge in [0.05, 0.1) is 12.6 Å². The highest BCUT2D eigenvalue weighted by atomic mass is 35.5. The highest BCUT2D eigenvalue weighted by Gasteiger charge is 2.10. The number of hydrogen-bond acceptors (Lipinski definition) is 2. The van der Waals surface area contributed by atoms with E-state index >= 15 is 0 Å². The molecule has 0 fully saturated rings. The SMILES string of the molecule is CCOc1ccccc1C(C)Nc1ccc(Cl)cc1. The summed E-state index contributed by atoms with van der Waals surface area (Å²) in [5.74, 6) is 0.930. The first-order valence-corrected chi connectivity index (χ1v) is 6.82. The van der Waals surface area contributed by atoms with Crippen molar-refractivity contribution in [2.45, 2.75) is 19.9 Å². The first-order chi connectivity index (χ1) is 9.20. The summed E-state index contributed by atoms with van der Waals surface area (Å²) in [4.78, 5) is 0. The maximum Gasteiger partial charge on any atom is 0.124 e. The van der Waals surface area contributed by atoms with Gasteiger partial charge in [0.2, 0.25) is 0 Å². The minimum atomic E-state index is 0.170. The van der Waals surface area contributed by atoms with Crippen molar-refractivity contribution >= 4 is 17.3 Å². The van der Waals surface area contributed by atoms with E-state index < -0.39 is 0 Å². The van der Waals surface area contributed by atoms with Crippen LogP contribution >= 0.6 is 11.6 Å². The Labute approximate surface area is 119 Å². The van der Waals surface area contributed by atoms with Gasteiger partial charge in [-0.15, -0.1) is 0 Å². The van der Waals surface area contributed by atoms with Crippen LogP contribution in [0.5, 0.6) is 5.75 Å². The van der Waals surface area contributed by atoms with Gasteiger partial charge in [0.1, 0.15) is 5.75 Å². The fourth-order valence-electron chi connectivity index (χ4n) is 2.00. The van der Waals surface area contributed by atoms with E-state index in [1.165, 1.54) is 0 Å². The highest BCUT2D eigenvalue weighted by molar-refractivity contribution is 6.30. The molecule has 0 spiro atoms. The molecule has 0 aromatic heterocycles. The van der Waals surface area contributed by atoms with Crippen LogP contribution in [0.15, 0.2) is 48.5 Å². The molecule has 0 radical (unpaired) electrons. The van der Waals surface area contributed by atoms with Crippen LogP contribution in [0.25, 0.3) is 0 Å². The molecule has 0 amide bonds. The van der Waals surface area contributed by atoms with Crippen LogP contribution in [0.1, 0.15) is 25.5 Å². The van der Waals surface area contributed by atoms with Crippen molar-refractivity contribution in [2.24, 2.45) is 0 Å². The largest absolute Gasteiger partial charge is 0.494 e. The number of hydrogen-bond donors (Lipinski definition) is 1. The predicted molar refractivity (Wildman–Crippen MR) is 81.1 cm³/mol. The van der Waals surface area contributed by atoms with Gasteiger partial charge in [0.15, 0.2) is 0 Å². The van der Waals surface area contributed by atoms with Gasteiger partial charge in [-0.25, -0.2) is 0 Å². The fraction of sp³-hybridized carbons (Fsp3) is 0.250. The molecule has 0 saturated carbocycles. The molecular formula is C16H18ClNO. The number of anilines is 1. The molecule has 3 heteroatoms. The van der Waals surface area contributed by atoms with E-state index in [1.54, 1.807) is 0 Å². The lowest BCUT2D eigenvalue weighted by molar-refractivity contribution is 0.335. The van der Waals surface area contributed by atoms with Crippen molar-refractivity contribution < 1.29 is 4.74 Å². The Hall–Kier alpha value is -1.67. The number of rotatable bonds is 5. The zero-order chi connectivity index (χ0) is 13.7. The van der Waals surface area contributed by atoms with Crippen LogP contribution in [0.3, 0.4) is 0 Å². The van der Waals surface area contributed by atoms with Gasteiger partial charge in [-0.3, -0.25) is 0 Å². The van der Waals surface area contributed by atoms with Crippen molar-refractivity contribution in [1.29, 1.82) is 0 Å². The van der Waals surface area contributed by atoms with E-state index in [9.17, 15) is 0 Å². The molecule has 2 aromatic rings. The number of ether oxygens (including phenoxy) is 1. The second kappa shape index (κ2) is 6.48. The van der Waals surface area contributed by atoms with Crippen molar-refractivity contribution in [3.05, 3.63) is 59.1 Å². The lowest BCUT2D eigenvalue weighted by atomic mass is 10.1. The van der Waals surface area contributed by atoms with Gasteiger partial charge < -0.3 is 10.1 Å². The predicted octanol–water partition coefficient (Wildman–Crippen LogP) is 4.91. The van der Waals surface area contributed by atoms with Crippen molar-refractivity contribution in [3.63, 3.8) is 0 Å². The fourth-order valence-corrected chi connectivity index (χ4v) is 2.13. The second-order valence-electron chi connectivity index (χ2n) is 4.34. The summed E-state index contributed by atoms with van der Waals surface area (Å²) in [6.45, 7) is 4.78. The highest BCUT2D eigenvalue weighted by Crippen LogP contribution is 2.28. The molecule has 0 saturated heterocycles. The van der Waals surface area contributed by atoms with Gasteiger partial charge in [-0.05, 0) is 44.2 Å². The summed E-state index contributed by atoms with van der Waals surface area (Å²) >= 11 is 5.88. The maximum atomic E-state index is 5.88. The lowest BCUT2D eigenvalue weighted by Crippen LogP contribution is -2.08. The van der Waals surface area contributed by atoms with E-state index in [-0.39, 0.29) is 6.04 Å². The van der Waals surface area contributed by atoms with Crippen molar-refractivity contribution in [1.82, 2.24) is 0 Å². The van der Waals surface area contributed by atoms with Crippen LogP contribution in [-0.4, -0.2) is 6.61 Å². The van der Waals surface area contributed by atoms with Gasteiger partial charge in [-0.1, -0.05) is 29.8 Å². The molecule has 0 aliphatic heterocycles. The zero-order valence-corrected chi connectivity index (χ0v) is 11.9. The quantitative estimate of drug-likeness (QED) is 0.837. The van der Waals surface area contributed by atoms with Gasteiger partial charge in [0, 0.05) is 16.3 Å². The first kappa shape index (κ1) is 13.8. The standard InChI is InChI=1S/C16H18ClNO/c1-3-19-16-7-5-4-6-15(16)12(2)18-14-10-8-13(17)9-11-14/h4-12,18H,3H2,1-2H3. The van der Waals surface area contributed by atoms with E-state index in [0.29, 0.717) is 6.61 Å². The number of para-hydroxylation sites is 1. The summed E-state index contributed by atoms with van der Waals surface area (Å²) in [5, 5.41) is 4.19. The van der Waals surface area contributed by atoms with Crippen LogP contribution in [0.2, 0.25) is 5.02 Å². The topological polar surface area (TPSA) is 21.3 Å². The van der Waals surface area contributed by atoms with E-state index in [2.05, 4.69) is 18.3 Å². The molecule has 0 aliphatic rings. The van der Waals surface area contributed by atoms with Crippen molar-refractivity contribution in [2.75, 3.05) is 11.9 Å². The first-order valence-electron chi connectivity index (χ1n) is 6.44. The summed E-state index contributed by atoms with van der Waals surface area (Å²) in [7, 11) is 0. The summed E-state index contributed by atoms with van der Waals surface area (Å²) < 4.78 is 5.65. The van der Waals surface area contributed by atoms with Crippen LogP contribution < -0.4 is 10.1 Å². The lowest BCUT2D eigenvalue weighted by Gasteiger charge is -2.19. The molecule has 19 heavy (non-hydrogen) atoms. The summed E-state index contributed by atoms with van der Waals surface area (Å²) in [6.07, 6.45) is 0. The molecule has 2 rings (SSSR count). The third kappa shape index (κ3) is 3.65. The number of halogens is 1. The number of benzene rings is 2. The molecular weight excluding hydrogens is 258 g/mol. The smallest absolute Gasteiger partial charge is 0.124 e. The molecule has 0 heterocycles. The summed E-state index contributed by atoms with van der Waals surface area (Å²) in [5.41, 5.74) is 2.20. The minimum Gasteiger partial charge on any atom is -0.494 e. The average molecular weight is 276 g/mol. The molecule has 1 N–H and O–H groups in total. The van der Waals surface area contributed by atoms with E-state index in [0.717, 1.165) is 22.0 Å². The minimum absolute atomic E-state index is 0.170. The Kier molecular flexibility index (Phi) is 4.69. The van der Waals surface area contributed by atoms with Crippen LogP contribution in [0, 0.1) is 0 Å². The Bertz CT molecular complexity index is 525. The second-order valence-corrected chi connectivity index (χ2v) is 4.78. The Morgan fingerprint density at radius 2 is 1.79 bits per heavy atom. The zero-order valence-electron chi connectivity index (χ0n) is 11.2. The molecule has 0 bridgehead atoms. The molecule has 100 valence electrons. The monoisotopic (exact) mass is 275 g/mol. The third-order valence-electron chi connectivity index (χ3n) is 2.91. The third-order valence-corrected chi connectivity index (χ3v) is 3.16. The molecule has 1 atom stereocenters. The van der Waals surface area contributed by atoms with Crippen LogP contribution in [0.4, 0.5) is 5.69 Å². The van der Waals surface area contributed by atoms with Gasteiger partial charge in [0.25, 0.3) is 0 Å². The normalized spacial score (nSPS) is 11.9.